The number of aryl methyl sites for hydroxylation is 1. The van der Waals surface area contributed by atoms with Crippen molar-refractivity contribution < 1.29 is 32.2 Å². The van der Waals surface area contributed by atoms with E-state index in [-0.39, 0.29) is 11.3 Å². The zero-order valence-corrected chi connectivity index (χ0v) is 18.5. The lowest BCUT2D eigenvalue weighted by Gasteiger charge is -2.29. The Morgan fingerprint density at radius 3 is 2.42 bits per heavy atom. The minimum absolute atomic E-state index is 0.267. The van der Waals surface area contributed by atoms with Crippen LogP contribution in [-0.4, -0.2) is 52.9 Å². The molecule has 0 saturated heterocycles. The van der Waals surface area contributed by atoms with Crippen LogP contribution < -0.4 is 19.1 Å². The second kappa shape index (κ2) is 8.84. The van der Waals surface area contributed by atoms with Crippen molar-refractivity contribution in [3.05, 3.63) is 47.5 Å². The Morgan fingerprint density at radius 2 is 1.77 bits per heavy atom. The fraction of sp³-hybridized carbons (Fsp3) is 0.333. The molecule has 1 atom stereocenters. The lowest BCUT2D eigenvalue weighted by molar-refractivity contribution is -0.116. The normalized spacial score (nSPS) is 13.8. The van der Waals surface area contributed by atoms with Gasteiger partial charge in [0.05, 0.1) is 24.6 Å². The van der Waals surface area contributed by atoms with Crippen LogP contribution in [0.3, 0.4) is 0 Å². The van der Waals surface area contributed by atoms with Gasteiger partial charge in [-0.1, -0.05) is 6.07 Å². The maximum absolute atomic E-state index is 13.0. The van der Waals surface area contributed by atoms with Crippen molar-refractivity contribution in [1.29, 1.82) is 0 Å². The van der Waals surface area contributed by atoms with Gasteiger partial charge in [-0.2, -0.15) is 0 Å². The maximum atomic E-state index is 13.0. The molecule has 1 aliphatic rings. The predicted molar refractivity (Wildman–Crippen MR) is 115 cm³/mol. The highest BCUT2D eigenvalue weighted by atomic mass is 32.2. The summed E-state index contributed by atoms with van der Waals surface area (Å²) in [7, 11) is -2.55. The number of nitrogens with one attached hydrogen (secondary N) is 1. The van der Waals surface area contributed by atoms with E-state index < -0.39 is 27.9 Å². The second-order valence-electron chi connectivity index (χ2n) is 7.07. The van der Waals surface area contributed by atoms with Crippen molar-refractivity contribution in [1.82, 2.24) is 0 Å². The van der Waals surface area contributed by atoms with Gasteiger partial charge in [-0.3, -0.25) is 9.10 Å². The van der Waals surface area contributed by atoms with Crippen LogP contribution in [0.5, 0.6) is 11.5 Å². The number of carbonyl (C=O) groups excluding carboxylic acids is 2. The fourth-order valence-corrected chi connectivity index (χ4v) is 4.38. The number of fused-ring (bicyclic) bond motifs is 1. The lowest BCUT2D eigenvalue weighted by atomic mass is 10.1. The first-order chi connectivity index (χ1) is 14.6. The van der Waals surface area contributed by atoms with Gasteiger partial charge >= 0.3 is 5.97 Å². The molecule has 0 radical (unpaired) electrons. The Hall–Kier alpha value is -3.27. The molecule has 1 amide bonds. The fourth-order valence-electron chi connectivity index (χ4n) is 3.22. The van der Waals surface area contributed by atoms with Crippen LogP contribution in [0.2, 0.25) is 0 Å². The minimum atomic E-state index is -3.81. The predicted octanol–water partition coefficient (Wildman–Crippen LogP) is 2.35. The Labute approximate surface area is 181 Å². The minimum Gasteiger partial charge on any atom is -0.486 e. The largest absolute Gasteiger partial charge is 0.486 e. The number of hydrogen-bond donors (Lipinski definition) is 1. The summed E-state index contributed by atoms with van der Waals surface area (Å²) in [5.74, 6) is -0.189. The number of benzene rings is 2. The van der Waals surface area contributed by atoms with E-state index in [2.05, 4.69) is 5.32 Å². The van der Waals surface area contributed by atoms with Crippen LogP contribution in [0.15, 0.2) is 36.4 Å². The van der Waals surface area contributed by atoms with Gasteiger partial charge in [-0.05, 0) is 43.7 Å². The van der Waals surface area contributed by atoms with Crippen LogP contribution in [0, 0.1) is 6.92 Å². The highest BCUT2D eigenvalue weighted by molar-refractivity contribution is 7.92. The Balaban J connectivity index is 1.90. The number of anilines is 2. The van der Waals surface area contributed by atoms with Crippen LogP contribution in [0.25, 0.3) is 0 Å². The quantitative estimate of drug-likeness (QED) is 0.675. The molecule has 3 rings (SSSR count). The molecule has 0 aliphatic carbocycles. The van der Waals surface area contributed by atoms with Gasteiger partial charge in [-0.15, -0.1) is 0 Å². The van der Waals surface area contributed by atoms with E-state index in [0.717, 1.165) is 10.6 Å². The molecule has 10 heteroatoms. The molecule has 1 N–H and O–H groups in total. The van der Waals surface area contributed by atoms with E-state index in [0.29, 0.717) is 36.0 Å². The van der Waals surface area contributed by atoms with Gasteiger partial charge in [0, 0.05) is 11.8 Å². The molecular weight excluding hydrogens is 424 g/mol. The number of sulfonamides is 1. The van der Waals surface area contributed by atoms with E-state index in [1.807, 2.05) is 0 Å². The van der Waals surface area contributed by atoms with E-state index >= 15 is 0 Å². The molecule has 0 bridgehead atoms. The number of rotatable bonds is 6. The average molecular weight is 448 g/mol. The summed E-state index contributed by atoms with van der Waals surface area (Å²) in [6.07, 6.45) is 1.02. The molecule has 0 unspecified atom stereocenters. The van der Waals surface area contributed by atoms with Crippen molar-refractivity contribution in [3.8, 4) is 11.5 Å². The lowest BCUT2D eigenvalue weighted by Crippen LogP contribution is -2.45. The molecule has 166 valence electrons. The molecule has 1 aliphatic heterocycles. The number of hydrogen-bond acceptors (Lipinski definition) is 7. The van der Waals surface area contributed by atoms with Crippen molar-refractivity contribution in [2.45, 2.75) is 19.9 Å². The third-order valence-electron chi connectivity index (χ3n) is 4.79. The Bertz CT molecular complexity index is 1110. The topological polar surface area (TPSA) is 111 Å². The summed E-state index contributed by atoms with van der Waals surface area (Å²) in [4.78, 5) is 24.8. The molecule has 0 fully saturated rings. The summed E-state index contributed by atoms with van der Waals surface area (Å²) in [6, 6.07) is 8.35. The summed E-state index contributed by atoms with van der Waals surface area (Å²) >= 11 is 0. The van der Waals surface area contributed by atoms with Gasteiger partial charge in [0.15, 0.2) is 11.5 Å². The van der Waals surface area contributed by atoms with Crippen molar-refractivity contribution in [2.24, 2.45) is 0 Å². The number of amides is 1. The Kier molecular flexibility index (Phi) is 6.40. The van der Waals surface area contributed by atoms with Crippen LogP contribution in [0.4, 0.5) is 11.4 Å². The number of nitrogens with zero attached hydrogens (tertiary/aromatic N) is 1. The van der Waals surface area contributed by atoms with E-state index in [1.165, 1.54) is 26.2 Å². The first kappa shape index (κ1) is 22.4. The molecule has 9 nitrogen and oxygen atoms in total. The Morgan fingerprint density at radius 1 is 1.10 bits per heavy atom. The van der Waals surface area contributed by atoms with Crippen LogP contribution in [-0.2, 0) is 19.6 Å². The highest BCUT2D eigenvalue weighted by Crippen LogP contribution is 2.35. The third kappa shape index (κ3) is 4.91. The van der Waals surface area contributed by atoms with Gasteiger partial charge in [0.2, 0.25) is 15.9 Å². The maximum Gasteiger partial charge on any atom is 0.337 e. The molecule has 2 aromatic carbocycles. The summed E-state index contributed by atoms with van der Waals surface area (Å²) in [6.45, 7) is 4.00. The smallest absolute Gasteiger partial charge is 0.337 e. The van der Waals surface area contributed by atoms with Crippen LogP contribution in [0.1, 0.15) is 22.8 Å². The molecular formula is C21H24N2O7S. The summed E-state index contributed by atoms with van der Waals surface area (Å²) < 4.78 is 41.9. The zero-order chi connectivity index (χ0) is 22.8. The first-order valence-corrected chi connectivity index (χ1v) is 11.4. The van der Waals surface area contributed by atoms with Crippen LogP contribution >= 0.6 is 0 Å². The average Bonchev–Trinajstić information content (AvgIpc) is 2.73. The zero-order valence-electron chi connectivity index (χ0n) is 17.7. The summed E-state index contributed by atoms with van der Waals surface area (Å²) in [5.41, 5.74) is 1.63. The molecule has 0 aromatic heterocycles. The van der Waals surface area contributed by atoms with E-state index in [4.69, 9.17) is 14.2 Å². The van der Waals surface area contributed by atoms with Gasteiger partial charge in [0.25, 0.3) is 0 Å². The van der Waals surface area contributed by atoms with Gasteiger partial charge < -0.3 is 19.5 Å². The first-order valence-electron chi connectivity index (χ1n) is 9.50. The van der Waals surface area contributed by atoms with Crippen molar-refractivity contribution >= 4 is 33.3 Å². The SMILES string of the molecule is COC(=O)c1ccc(C)c(NC(=O)[C@@H](C)N(c2ccc3c(c2)OCCO3)S(C)(=O)=O)c1. The van der Waals surface area contributed by atoms with Crippen molar-refractivity contribution in [3.63, 3.8) is 0 Å². The monoisotopic (exact) mass is 448 g/mol. The van der Waals surface area contributed by atoms with E-state index in [9.17, 15) is 18.0 Å². The van der Waals surface area contributed by atoms with Gasteiger partial charge in [0.1, 0.15) is 19.3 Å². The number of ether oxygens (including phenoxy) is 3. The number of carbonyl (C=O) groups is 2. The second-order valence-corrected chi connectivity index (χ2v) is 8.93. The molecule has 2 aromatic rings. The van der Waals surface area contributed by atoms with E-state index in [1.54, 1.807) is 31.2 Å². The molecule has 1 heterocycles. The number of methoxy groups -OCH3 is 1. The third-order valence-corrected chi connectivity index (χ3v) is 6.03. The van der Waals surface area contributed by atoms with Gasteiger partial charge in [-0.25, -0.2) is 13.2 Å². The molecule has 0 saturated carbocycles. The summed E-state index contributed by atoms with van der Waals surface area (Å²) in [5, 5.41) is 2.71. The molecule has 31 heavy (non-hydrogen) atoms. The number of esters is 1. The standard InChI is InChI=1S/C21H24N2O7S/c1-13-5-6-15(21(25)28-3)11-17(13)22-20(24)14(2)23(31(4,26)27)16-7-8-18-19(12-16)30-10-9-29-18/h5-8,11-12,14H,9-10H2,1-4H3,(H,22,24)/t14-/m1/s1. The highest BCUT2D eigenvalue weighted by Gasteiger charge is 2.30. The molecule has 0 spiro atoms. The van der Waals surface area contributed by atoms with Crippen molar-refractivity contribution in [2.75, 3.05) is 36.2 Å².